The number of anilines is 1. The molecule has 30 heavy (non-hydrogen) atoms. The Morgan fingerprint density at radius 1 is 0.967 bits per heavy atom. The number of benzene rings is 2. The van der Waals surface area contributed by atoms with Crippen LogP contribution < -0.4 is 4.90 Å². The van der Waals surface area contributed by atoms with Crippen molar-refractivity contribution in [3.05, 3.63) is 94.8 Å². The monoisotopic (exact) mass is 419 g/mol. The summed E-state index contributed by atoms with van der Waals surface area (Å²) >= 11 is 6.00. The highest BCUT2D eigenvalue weighted by Gasteiger charge is 2.42. The summed E-state index contributed by atoms with van der Waals surface area (Å²) in [7, 11) is 0. The van der Waals surface area contributed by atoms with Crippen molar-refractivity contribution >= 4 is 35.0 Å². The van der Waals surface area contributed by atoms with Crippen molar-refractivity contribution in [2.24, 2.45) is 0 Å². The molecule has 0 aliphatic carbocycles. The molecule has 0 N–H and O–H groups in total. The Kier molecular flexibility index (Phi) is 5.33. The first-order chi connectivity index (χ1) is 14.5. The molecule has 3 aromatic rings. The van der Waals surface area contributed by atoms with Gasteiger partial charge in [0, 0.05) is 16.9 Å². The molecule has 1 unspecified atom stereocenters. The summed E-state index contributed by atoms with van der Waals surface area (Å²) in [6.45, 7) is 1.75. The summed E-state index contributed by atoms with van der Waals surface area (Å²) in [5, 5.41) is 0.539. The first kappa shape index (κ1) is 19.8. The lowest BCUT2D eigenvalue weighted by Crippen LogP contribution is -2.49. The van der Waals surface area contributed by atoms with Crippen LogP contribution in [-0.2, 0) is 11.3 Å². The number of carbonyl (C=O) groups is 3. The zero-order valence-corrected chi connectivity index (χ0v) is 16.9. The zero-order chi connectivity index (χ0) is 21.3. The number of fused-ring (bicyclic) bond motifs is 1. The van der Waals surface area contributed by atoms with Crippen molar-refractivity contribution in [3.8, 4) is 0 Å². The fourth-order valence-electron chi connectivity index (χ4n) is 3.47. The molecule has 3 amide bonds. The van der Waals surface area contributed by atoms with Crippen molar-refractivity contribution in [1.82, 2.24) is 9.88 Å². The summed E-state index contributed by atoms with van der Waals surface area (Å²) in [6, 6.07) is 17.8. The smallest absolute Gasteiger partial charge is 0.262 e. The lowest BCUT2D eigenvalue weighted by atomic mass is 10.1. The van der Waals surface area contributed by atoms with Gasteiger partial charge in [0.1, 0.15) is 6.04 Å². The molecule has 1 aliphatic heterocycles. The Balaban J connectivity index is 1.67. The molecule has 7 heteroatoms. The largest absolute Gasteiger partial charge is 0.305 e. The minimum atomic E-state index is -0.989. The molecule has 150 valence electrons. The van der Waals surface area contributed by atoms with Gasteiger partial charge in [0.25, 0.3) is 11.8 Å². The van der Waals surface area contributed by atoms with E-state index in [2.05, 4.69) is 4.98 Å². The van der Waals surface area contributed by atoms with Crippen LogP contribution in [0, 0.1) is 0 Å². The minimum Gasteiger partial charge on any atom is -0.305 e. The Morgan fingerprint density at radius 3 is 2.13 bits per heavy atom. The third-order valence-corrected chi connectivity index (χ3v) is 5.27. The van der Waals surface area contributed by atoms with Gasteiger partial charge in [0.15, 0.2) is 0 Å². The van der Waals surface area contributed by atoms with Crippen LogP contribution in [0.2, 0.25) is 5.02 Å². The van der Waals surface area contributed by atoms with Gasteiger partial charge in [-0.05, 0) is 55.5 Å². The fraction of sp³-hybridized carbons (Fsp3) is 0.130. The van der Waals surface area contributed by atoms with Gasteiger partial charge >= 0.3 is 0 Å². The average molecular weight is 420 g/mol. The van der Waals surface area contributed by atoms with E-state index in [4.69, 9.17) is 11.6 Å². The minimum absolute atomic E-state index is 0.189. The highest BCUT2D eigenvalue weighted by atomic mass is 35.5. The molecule has 0 saturated heterocycles. The number of aromatic nitrogens is 1. The lowest BCUT2D eigenvalue weighted by Gasteiger charge is -2.29. The van der Waals surface area contributed by atoms with Crippen molar-refractivity contribution in [1.29, 1.82) is 0 Å². The van der Waals surface area contributed by atoms with Crippen molar-refractivity contribution in [2.45, 2.75) is 19.5 Å². The number of imide groups is 1. The molecule has 0 radical (unpaired) electrons. The zero-order valence-electron chi connectivity index (χ0n) is 16.2. The van der Waals surface area contributed by atoms with Gasteiger partial charge in [0.05, 0.1) is 23.4 Å². The third kappa shape index (κ3) is 3.57. The molecule has 0 fully saturated rings. The number of hydrogen-bond acceptors (Lipinski definition) is 4. The standard InChI is InChI=1S/C23H18ClN3O3/c1-15(27-22(29)19-7-2-3-8-20(19)23(27)30)21(28)26(14-17-6-4-5-13-25-17)18-11-9-16(24)10-12-18/h2-13,15H,14H2,1H3. The second kappa shape index (κ2) is 8.08. The molecular weight excluding hydrogens is 402 g/mol. The average Bonchev–Trinajstić information content (AvgIpc) is 3.03. The highest BCUT2D eigenvalue weighted by Crippen LogP contribution is 2.27. The predicted octanol–water partition coefficient (Wildman–Crippen LogP) is 3.95. The second-order valence-corrected chi connectivity index (χ2v) is 7.36. The maximum absolute atomic E-state index is 13.5. The molecule has 0 spiro atoms. The molecule has 1 atom stereocenters. The van der Waals surface area contributed by atoms with Crippen LogP contribution in [0.5, 0.6) is 0 Å². The van der Waals surface area contributed by atoms with Crippen LogP contribution in [0.25, 0.3) is 0 Å². The Hall–Kier alpha value is -3.51. The van der Waals surface area contributed by atoms with E-state index in [1.54, 1.807) is 67.7 Å². The molecule has 2 heterocycles. The Labute approximate surface area is 178 Å². The van der Waals surface area contributed by atoms with Gasteiger partial charge in [-0.25, -0.2) is 0 Å². The molecule has 1 aliphatic rings. The normalized spacial score (nSPS) is 13.9. The molecular formula is C23H18ClN3O3. The van der Waals surface area contributed by atoms with E-state index >= 15 is 0 Å². The van der Waals surface area contributed by atoms with Crippen molar-refractivity contribution in [2.75, 3.05) is 4.90 Å². The van der Waals surface area contributed by atoms with Gasteiger partial charge in [-0.3, -0.25) is 24.3 Å². The number of carbonyl (C=O) groups excluding carboxylic acids is 3. The SMILES string of the molecule is CC(C(=O)N(Cc1ccccn1)c1ccc(Cl)cc1)N1C(=O)c2ccccc2C1=O. The maximum Gasteiger partial charge on any atom is 0.262 e. The van der Waals surface area contributed by atoms with Crippen LogP contribution in [0.3, 0.4) is 0 Å². The lowest BCUT2D eigenvalue weighted by molar-refractivity contribution is -0.122. The van der Waals surface area contributed by atoms with Crippen LogP contribution >= 0.6 is 11.6 Å². The molecule has 4 rings (SSSR count). The quantitative estimate of drug-likeness (QED) is 0.587. The van der Waals surface area contributed by atoms with Crippen molar-refractivity contribution < 1.29 is 14.4 Å². The summed E-state index contributed by atoms with van der Waals surface area (Å²) in [5.74, 6) is -1.33. The van der Waals surface area contributed by atoms with E-state index in [0.717, 1.165) is 4.90 Å². The van der Waals surface area contributed by atoms with E-state index in [-0.39, 0.29) is 6.54 Å². The highest BCUT2D eigenvalue weighted by molar-refractivity contribution is 6.30. The number of amides is 3. The Morgan fingerprint density at radius 2 is 1.57 bits per heavy atom. The summed E-state index contributed by atoms with van der Waals surface area (Å²) < 4.78 is 0. The summed E-state index contributed by atoms with van der Waals surface area (Å²) in [5.41, 5.74) is 1.89. The van der Waals surface area contributed by atoms with Gasteiger partial charge < -0.3 is 4.90 Å². The fourth-order valence-corrected chi connectivity index (χ4v) is 3.59. The molecule has 2 aromatic carbocycles. The number of pyridine rings is 1. The number of hydrogen-bond donors (Lipinski definition) is 0. The van der Waals surface area contributed by atoms with Crippen LogP contribution in [0.1, 0.15) is 33.3 Å². The van der Waals surface area contributed by atoms with Gasteiger partial charge in [-0.1, -0.05) is 29.8 Å². The van der Waals surface area contributed by atoms with E-state index in [0.29, 0.717) is 27.5 Å². The topological polar surface area (TPSA) is 70.6 Å². The summed E-state index contributed by atoms with van der Waals surface area (Å²) in [6.07, 6.45) is 1.65. The van der Waals surface area contributed by atoms with Crippen LogP contribution in [0.15, 0.2) is 72.9 Å². The maximum atomic E-state index is 13.5. The number of nitrogens with zero attached hydrogens (tertiary/aromatic N) is 3. The number of rotatable bonds is 5. The molecule has 1 aromatic heterocycles. The predicted molar refractivity (Wildman–Crippen MR) is 113 cm³/mol. The van der Waals surface area contributed by atoms with E-state index in [1.807, 2.05) is 12.1 Å². The van der Waals surface area contributed by atoms with E-state index in [9.17, 15) is 14.4 Å². The van der Waals surface area contributed by atoms with Crippen molar-refractivity contribution in [3.63, 3.8) is 0 Å². The number of halogens is 1. The van der Waals surface area contributed by atoms with Gasteiger partial charge in [-0.15, -0.1) is 0 Å². The first-order valence-corrected chi connectivity index (χ1v) is 9.79. The van der Waals surface area contributed by atoms with Crippen LogP contribution in [-0.4, -0.2) is 33.6 Å². The Bertz CT molecular complexity index is 1080. The molecule has 0 bridgehead atoms. The second-order valence-electron chi connectivity index (χ2n) is 6.92. The molecule has 0 saturated carbocycles. The third-order valence-electron chi connectivity index (χ3n) is 5.02. The van der Waals surface area contributed by atoms with E-state index in [1.165, 1.54) is 4.90 Å². The van der Waals surface area contributed by atoms with Gasteiger partial charge in [0.2, 0.25) is 5.91 Å². The van der Waals surface area contributed by atoms with E-state index < -0.39 is 23.8 Å². The first-order valence-electron chi connectivity index (χ1n) is 9.41. The van der Waals surface area contributed by atoms with Gasteiger partial charge in [-0.2, -0.15) is 0 Å². The molecule has 6 nitrogen and oxygen atoms in total. The summed E-state index contributed by atoms with van der Waals surface area (Å²) in [4.78, 5) is 45.9. The van der Waals surface area contributed by atoms with Crippen LogP contribution in [0.4, 0.5) is 5.69 Å².